The minimum atomic E-state index is -0.403. The molecule has 0 atom stereocenters. The molecule has 0 spiro atoms. The average molecular weight is 199 g/mol. The van der Waals surface area contributed by atoms with E-state index in [1.165, 1.54) is 31.4 Å². The maximum Gasteiger partial charge on any atom is 0.385 e. The van der Waals surface area contributed by atoms with Crippen LogP contribution in [0, 0.1) is 5.39 Å². The van der Waals surface area contributed by atoms with Gasteiger partial charge in [0, 0.05) is 12.1 Å². The van der Waals surface area contributed by atoms with Gasteiger partial charge in [-0.05, 0) is 12.1 Å². The molecule has 13 heavy (non-hydrogen) atoms. The van der Waals surface area contributed by atoms with Gasteiger partial charge < -0.3 is 17.1 Å². The van der Waals surface area contributed by atoms with Crippen molar-refractivity contribution in [2.75, 3.05) is 7.11 Å². The van der Waals surface area contributed by atoms with Gasteiger partial charge in [0.2, 0.25) is 5.39 Å². The van der Waals surface area contributed by atoms with Crippen LogP contribution < -0.4 is 12.4 Å². The maximum atomic E-state index is 10.9. The van der Waals surface area contributed by atoms with E-state index in [4.69, 9.17) is 5.39 Å². The molecule has 0 amide bonds. The molecule has 1 rings (SSSR count). The summed E-state index contributed by atoms with van der Waals surface area (Å²) in [5, 5.41) is 8.33. The van der Waals surface area contributed by atoms with Crippen LogP contribution in [0.25, 0.3) is 4.98 Å². The lowest BCUT2D eigenvalue weighted by molar-refractivity contribution is -0.0000173. The monoisotopic (exact) mass is 198 g/mol. The molecule has 1 aromatic carbocycles. The minimum Gasteiger partial charge on any atom is -1.00 e. The fourth-order valence-corrected chi connectivity index (χ4v) is 0.782. The first-order valence-electron chi connectivity index (χ1n) is 3.31. The van der Waals surface area contributed by atoms with Crippen molar-refractivity contribution in [1.82, 2.24) is 0 Å². The molecule has 0 fully saturated rings. The maximum absolute atomic E-state index is 10.9. The number of halogens is 1. The molecule has 1 aromatic rings. The van der Waals surface area contributed by atoms with Gasteiger partial charge in [-0.2, -0.15) is 0 Å². The Balaban J connectivity index is 0.00000144. The third-order valence-electron chi connectivity index (χ3n) is 1.40. The van der Waals surface area contributed by atoms with Crippen LogP contribution in [0.5, 0.6) is 0 Å². The van der Waals surface area contributed by atoms with Crippen molar-refractivity contribution in [2.45, 2.75) is 0 Å². The number of rotatable bonds is 1. The molecule has 0 unspecified atom stereocenters. The third-order valence-corrected chi connectivity index (χ3v) is 1.40. The summed E-state index contributed by atoms with van der Waals surface area (Å²) in [6, 6.07) is 6.10. The molecule has 0 N–H and O–H groups in total. The summed E-state index contributed by atoms with van der Waals surface area (Å²) in [4.78, 5) is 13.8. The van der Waals surface area contributed by atoms with Gasteiger partial charge in [-0.15, -0.1) is 0 Å². The molecule has 0 saturated heterocycles. The molecule has 0 aliphatic carbocycles. The van der Waals surface area contributed by atoms with Crippen LogP contribution in [0.3, 0.4) is 0 Å². The number of benzene rings is 1. The summed E-state index contributed by atoms with van der Waals surface area (Å²) in [6.07, 6.45) is 0. The smallest absolute Gasteiger partial charge is 0.385 e. The lowest BCUT2D eigenvalue weighted by Crippen LogP contribution is -3.00. The van der Waals surface area contributed by atoms with Crippen molar-refractivity contribution < 1.29 is 21.9 Å². The number of hydrogen-bond donors (Lipinski definition) is 0. The second-order valence-corrected chi connectivity index (χ2v) is 2.14. The summed E-state index contributed by atoms with van der Waals surface area (Å²) in [6.45, 7) is 0. The topological polar surface area (TPSA) is 54.5 Å². The molecule has 0 aliphatic heterocycles. The van der Waals surface area contributed by atoms with E-state index in [1.807, 2.05) is 0 Å². The molecular weight excluding hydrogens is 192 g/mol. The van der Waals surface area contributed by atoms with E-state index >= 15 is 0 Å². The molecule has 0 saturated carbocycles. The van der Waals surface area contributed by atoms with Crippen molar-refractivity contribution in [2.24, 2.45) is 0 Å². The van der Waals surface area contributed by atoms with Crippen LogP contribution in [0.4, 0.5) is 5.69 Å². The Kier molecular flexibility index (Phi) is 4.49. The normalized spacial score (nSPS) is 8.00. The van der Waals surface area contributed by atoms with Crippen molar-refractivity contribution in [3.8, 4) is 0 Å². The van der Waals surface area contributed by atoms with Gasteiger partial charge in [0.25, 0.3) is 0 Å². The van der Waals surface area contributed by atoms with Crippen LogP contribution in [0.15, 0.2) is 24.3 Å². The predicted octanol–water partition coefficient (Wildman–Crippen LogP) is -1.04. The molecule has 5 heteroatoms. The Morgan fingerprint density at radius 1 is 1.38 bits per heavy atom. The summed E-state index contributed by atoms with van der Waals surface area (Å²) in [7, 11) is 1.31. The summed E-state index contributed by atoms with van der Waals surface area (Å²) >= 11 is 0. The van der Waals surface area contributed by atoms with E-state index in [9.17, 15) is 4.79 Å². The van der Waals surface area contributed by atoms with Gasteiger partial charge in [0.15, 0.2) is 4.98 Å². The molecule has 0 radical (unpaired) electrons. The molecule has 0 heterocycles. The van der Waals surface area contributed by atoms with Crippen LogP contribution in [0.2, 0.25) is 0 Å². The van der Waals surface area contributed by atoms with Crippen molar-refractivity contribution >= 4 is 11.7 Å². The molecular formula is C8H7ClN2O2. The summed E-state index contributed by atoms with van der Waals surface area (Å²) in [5.41, 5.74) is 0.840. The first-order chi connectivity index (χ1) is 5.77. The van der Waals surface area contributed by atoms with E-state index in [0.717, 1.165) is 0 Å². The number of esters is 1. The molecule has 4 nitrogen and oxygen atoms in total. The standard InChI is InChI=1S/C8H7N2O2.ClH/c1-12-8(11)6-2-4-7(10-9)5-3-6;/h2-5H,1H3;1H/q+1;/p-1. The van der Waals surface area contributed by atoms with Gasteiger partial charge in [0.05, 0.1) is 12.7 Å². The molecule has 0 aliphatic rings. The number of methoxy groups -OCH3 is 1. The zero-order chi connectivity index (χ0) is 8.97. The van der Waals surface area contributed by atoms with E-state index in [0.29, 0.717) is 11.3 Å². The molecule has 68 valence electrons. The number of diazo groups is 1. The highest BCUT2D eigenvalue weighted by atomic mass is 35.5. The Hall–Kier alpha value is -1.60. The van der Waals surface area contributed by atoms with Gasteiger partial charge in [0.1, 0.15) is 0 Å². The van der Waals surface area contributed by atoms with Gasteiger partial charge in [-0.25, -0.2) is 4.79 Å². The predicted molar refractivity (Wildman–Crippen MR) is 42.5 cm³/mol. The van der Waals surface area contributed by atoms with Crippen LogP contribution in [0.1, 0.15) is 10.4 Å². The van der Waals surface area contributed by atoms with Crippen LogP contribution in [-0.2, 0) is 4.74 Å². The average Bonchev–Trinajstić information content (AvgIpc) is 2.17. The van der Waals surface area contributed by atoms with Gasteiger partial charge in [-0.3, -0.25) is 0 Å². The summed E-state index contributed by atoms with van der Waals surface area (Å²) in [5.74, 6) is -0.403. The number of carbonyl (C=O) groups is 1. The van der Waals surface area contributed by atoms with Crippen LogP contribution >= 0.6 is 0 Å². The Labute approximate surface area is 81.5 Å². The van der Waals surface area contributed by atoms with Crippen molar-refractivity contribution in [3.63, 3.8) is 0 Å². The second kappa shape index (κ2) is 5.12. The van der Waals surface area contributed by atoms with Crippen molar-refractivity contribution in [1.29, 1.82) is 5.39 Å². The van der Waals surface area contributed by atoms with E-state index in [-0.39, 0.29) is 12.4 Å². The fraction of sp³-hybridized carbons (Fsp3) is 0.125. The SMILES string of the molecule is COC(=O)c1ccc([N+]#N)cc1.[Cl-]. The van der Waals surface area contributed by atoms with E-state index in [1.54, 1.807) is 0 Å². The lowest BCUT2D eigenvalue weighted by atomic mass is 10.2. The van der Waals surface area contributed by atoms with E-state index < -0.39 is 5.97 Å². The Morgan fingerprint density at radius 3 is 2.31 bits per heavy atom. The lowest BCUT2D eigenvalue weighted by Gasteiger charge is -1.94. The third kappa shape index (κ3) is 2.73. The fourth-order valence-electron chi connectivity index (χ4n) is 0.782. The quantitative estimate of drug-likeness (QED) is 0.428. The molecule has 0 aromatic heterocycles. The number of hydrogen-bond acceptors (Lipinski definition) is 3. The zero-order valence-electron chi connectivity index (χ0n) is 6.90. The highest BCUT2D eigenvalue weighted by Gasteiger charge is 2.07. The second-order valence-electron chi connectivity index (χ2n) is 2.14. The largest absolute Gasteiger partial charge is 1.00 e. The highest BCUT2D eigenvalue weighted by Crippen LogP contribution is 2.12. The Bertz CT molecular complexity index is 329. The zero-order valence-corrected chi connectivity index (χ0v) is 7.65. The summed E-state index contributed by atoms with van der Waals surface area (Å²) < 4.78 is 4.48. The Morgan fingerprint density at radius 2 is 1.92 bits per heavy atom. The first-order valence-corrected chi connectivity index (χ1v) is 3.31. The van der Waals surface area contributed by atoms with Gasteiger partial charge in [-0.1, -0.05) is 0 Å². The van der Waals surface area contributed by atoms with Gasteiger partial charge >= 0.3 is 11.7 Å². The molecule has 0 bridgehead atoms. The number of nitrogens with zero attached hydrogens (tertiary/aromatic N) is 2. The number of ether oxygens (including phenoxy) is 1. The van der Waals surface area contributed by atoms with Crippen LogP contribution in [-0.4, -0.2) is 13.1 Å². The first kappa shape index (κ1) is 11.4. The van der Waals surface area contributed by atoms with Crippen molar-refractivity contribution in [3.05, 3.63) is 34.8 Å². The highest BCUT2D eigenvalue weighted by molar-refractivity contribution is 5.89. The minimum absolute atomic E-state index is 0. The van der Waals surface area contributed by atoms with E-state index in [2.05, 4.69) is 9.71 Å². The number of carbonyl (C=O) groups excluding carboxylic acids is 1.